The Morgan fingerprint density at radius 1 is 0.111 bits per heavy atom. The molecule has 0 aromatic rings. The van der Waals surface area contributed by atoms with Crippen LogP contribution in [-0.2, 0) is 0 Å². The molecule has 0 nitrogen and oxygen atoms in total. The molecule has 14 fully saturated rings. The van der Waals surface area contributed by atoms with Gasteiger partial charge in [0.15, 0.2) is 0 Å². The highest BCUT2D eigenvalue weighted by Gasteiger charge is 2.62. The van der Waals surface area contributed by atoms with Gasteiger partial charge in [-0.3, -0.25) is 0 Å². The van der Waals surface area contributed by atoms with Crippen molar-refractivity contribution in [1.29, 1.82) is 0 Å². The van der Waals surface area contributed by atoms with Crippen LogP contribution in [0.25, 0.3) is 0 Å². The van der Waals surface area contributed by atoms with Crippen LogP contribution in [0, 0.1) is 154 Å². The van der Waals surface area contributed by atoms with E-state index in [0.29, 0.717) is 0 Å². The van der Waals surface area contributed by atoms with Crippen molar-refractivity contribution >= 4 is 0 Å². The second kappa shape index (κ2) is 22.6. The van der Waals surface area contributed by atoms with Gasteiger partial charge in [-0.15, -0.1) is 0 Å². The minimum absolute atomic E-state index is 1.10. The van der Waals surface area contributed by atoms with Crippen LogP contribution < -0.4 is 0 Å². The first-order valence-corrected chi connectivity index (χ1v) is 35.7. The van der Waals surface area contributed by atoms with Crippen molar-refractivity contribution in [2.75, 3.05) is 0 Å². The van der Waals surface area contributed by atoms with E-state index in [0.717, 1.165) is 154 Å². The third-order valence-electron chi connectivity index (χ3n) is 29.7. The van der Waals surface area contributed by atoms with Gasteiger partial charge in [0.2, 0.25) is 0 Å². The van der Waals surface area contributed by atoms with Crippen LogP contribution in [0.5, 0.6) is 0 Å². The maximum Gasteiger partial charge on any atom is -0.0318 e. The van der Waals surface area contributed by atoms with Crippen molar-refractivity contribution in [2.24, 2.45) is 154 Å². The molecule has 20 atom stereocenters. The highest BCUT2D eigenvalue weighted by molar-refractivity contribution is 5.11. The summed E-state index contributed by atoms with van der Waals surface area (Å²) in [5.74, 6) is 28.9. The van der Waals surface area contributed by atoms with E-state index in [9.17, 15) is 0 Å². The molecule has 20 unspecified atom stereocenters. The van der Waals surface area contributed by atoms with Crippen molar-refractivity contribution in [3.8, 4) is 0 Å². The quantitative estimate of drug-likeness (QED) is 0.238. The molecule has 406 valence electrons. The minimum atomic E-state index is 1.10. The Bertz CT molecular complexity index is 1540. The maximum absolute atomic E-state index is 1.71. The van der Waals surface area contributed by atoms with Gasteiger partial charge in [0.25, 0.3) is 0 Å². The van der Waals surface area contributed by atoms with Gasteiger partial charge in [-0.25, -0.2) is 0 Å². The summed E-state index contributed by atoms with van der Waals surface area (Å²) in [5, 5.41) is 0. The summed E-state index contributed by atoms with van der Waals surface area (Å²) in [5.41, 5.74) is 0. The predicted molar refractivity (Wildman–Crippen MR) is 303 cm³/mol. The Morgan fingerprint density at radius 2 is 0.292 bits per heavy atom. The normalized spacial score (nSPS) is 52.8. The molecule has 0 N–H and O–H groups in total. The predicted octanol–water partition coefficient (Wildman–Crippen LogP) is 21.1. The molecular formula is C72H118. The second-order valence-corrected chi connectivity index (χ2v) is 32.3. The SMILES string of the molecule is C1CCC(C2CC(C3CCC4CCCCC4C3)CC(C3C4CCCCC4C(C4C5CCCCC5C(C5CC(C6CCCCC6)CC(C6CCC7CCCCC7C6)C5)C5CCCCC54)C4CCCCC43)C2)CC1. The summed E-state index contributed by atoms with van der Waals surface area (Å²) in [7, 11) is 0. The van der Waals surface area contributed by atoms with Crippen LogP contribution in [0.15, 0.2) is 0 Å². The lowest BCUT2D eigenvalue weighted by molar-refractivity contribution is -0.178. The lowest BCUT2D eigenvalue weighted by Gasteiger charge is -2.66. The maximum atomic E-state index is 1.71. The van der Waals surface area contributed by atoms with Crippen molar-refractivity contribution < 1.29 is 0 Å². The molecule has 0 saturated heterocycles. The smallest absolute Gasteiger partial charge is 0.0318 e. The van der Waals surface area contributed by atoms with Crippen molar-refractivity contribution in [2.45, 2.75) is 295 Å². The Kier molecular flexibility index (Phi) is 15.8. The minimum Gasteiger partial charge on any atom is -0.0533 e. The van der Waals surface area contributed by atoms with E-state index in [-0.39, 0.29) is 0 Å². The van der Waals surface area contributed by atoms with E-state index in [1.807, 2.05) is 0 Å². The van der Waals surface area contributed by atoms with Gasteiger partial charge in [-0.1, -0.05) is 167 Å². The lowest BCUT2D eigenvalue weighted by Crippen LogP contribution is -2.60. The first-order chi connectivity index (χ1) is 35.7. The summed E-state index contributed by atoms with van der Waals surface area (Å²) in [6.45, 7) is 0. The summed E-state index contributed by atoms with van der Waals surface area (Å²) in [6.07, 6.45) is 74.8. The highest BCUT2D eigenvalue weighted by atomic mass is 14.7. The molecule has 0 aromatic carbocycles. The summed E-state index contributed by atoms with van der Waals surface area (Å²) in [4.78, 5) is 0. The third-order valence-corrected chi connectivity index (χ3v) is 29.7. The van der Waals surface area contributed by atoms with E-state index in [1.165, 1.54) is 0 Å². The molecule has 14 aliphatic carbocycles. The van der Waals surface area contributed by atoms with E-state index in [2.05, 4.69) is 0 Å². The second-order valence-electron chi connectivity index (χ2n) is 32.3. The van der Waals surface area contributed by atoms with Gasteiger partial charge in [-0.05, 0) is 282 Å². The fraction of sp³-hybridized carbons (Fsp3) is 1.00. The molecule has 14 saturated carbocycles. The zero-order valence-electron chi connectivity index (χ0n) is 47.5. The summed E-state index contributed by atoms with van der Waals surface area (Å²) in [6, 6.07) is 0. The van der Waals surface area contributed by atoms with Gasteiger partial charge in [0.1, 0.15) is 0 Å². The summed E-state index contributed by atoms with van der Waals surface area (Å²) < 4.78 is 0. The molecule has 0 spiro atoms. The van der Waals surface area contributed by atoms with Crippen LogP contribution in [-0.4, -0.2) is 0 Å². The molecule has 0 amide bonds. The largest absolute Gasteiger partial charge is 0.0533 e. The van der Waals surface area contributed by atoms with Gasteiger partial charge in [0, 0.05) is 0 Å². The third kappa shape index (κ3) is 9.84. The highest BCUT2D eigenvalue weighted by Crippen LogP contribution is 2.70. The fourth-order valence-corrected chi connectivity index (χ4v) is 27.4. The zero-order chi connectivity index (χ0) is 47.5. The van der Waals surface area contributed by atoms with Crippen molar-refractivity contribution in [3.63, 3.8) is 0 Å². The van der Waals surface area contributed by atoms with E-state index in [4.69, 9.17) is 0 Å². The monoisotopic (exact) mass is 983 g/mol. The standard InChI is InChI=1S/C72H118/c1-3-19-47(20-4-1)55-41-57(53-37-35-49-23-7-9-25-51(49)39-53)45-59(43-55)69-61-27-11-15-31-65(61)71(66-32-16-12-28-62(66)69)72-67-33-17-13-29-63(67)70(64-30-14-18-34-68(64)72)60-44-56(48-21-5-2-6-22-48)42-58(46-60)54-38-36-50-24-8-10-26-52(50)40-54/h47-72H,1-46H2. The van der Waals surface area contributed by atoms with E-state index < -0.39 is 0 Å². The molecule has 0 radical (unpaired) electrons. The molecule has 0 aromatic heterocycles. The van der Waals surface area contributed by atoms with E-state index >= 15 is 0 Å². The van der Waals surface area contributed by atoms with Gasteiger partial charge in [-0.2, -0.15) is 0 Å². The van der Waals surface area contributed by atoms with Gasteiger partial charge in [0.05, 0.1) is 0 Å². The molecule has 0 aliphatic heterocycles. The molecule has 14 rings (SSSR count). The number of fused-ring (bicyclic) bond motifs is 6. The Labute approximate surface area is 447 Å². The molecule has 0 heteroatoms. The molecule has 0 heterocycles. The first-order valence-electron chi connectivity index (χ1n) is 35.7. The van der Waals surface area contributed by atoms with Gasteiger partial charge >= 0.3 is 0 Å². The Balaban J connectivity index is 0.772. The van der Waals surface area contributed by atoms with Crippen LogP contribution in [0.4, 0.5) is 0 Å². The summed E-state index contributed by atoms with van der Waals surface area (Å²) >= 11 is 0. The van der Waals surface area contributed by atoms with Crippen molar-refractivity contribution in [3.05, 3.63) is 0 Å². The van der Waals surface area contributed by atoms with Gasteiger partial charge < -0.3 is 0 Å². The topological polar surface area (TPSA) is 0 Å². The Morgan fingerprint density at radius 3 is 0.611 bits per heavy atom. The number of hydrogen-bond donors (Lipinski definition) is 0. The first kappa shape index (κ1) is 50.2. The average Bonchev–Trinajstić information content (AvgIpc) is 3.46. The molecule has 0 bridgehead atoms. The van der Waals surface area contributed by atoms with Crippen LogP contribution in [0.3, 0.4) is 0 Å². The zero-order valence-corrected chi connectivity index (χ0v) is 47.5. The fourth-order valence-electron chi connectivity index (χ4n) is 27.4. The molecular weight excluding hydrogens is 865 g/mol. The number of rotatable bonds is 7. The van der Waals surface area contributed by atoms with Crippen LogP contribution in [0.2, 0.25) is 0 Å². The molecule has 14 aliphatic rings. The van der Waals surface area contributed by atoms with Crippen molar-refractivity contribution in [1.82, 2.24) is 0 Å². The van der Waals surface area contributed by atoms with E-state index in [1.54, 1.807) is 295 Å². The van der Waals surface area contributed by atoms with Crippen LogP contribution in [0.1, 0.15) is 295 Å². The number of hydrogen-bond acceptors (Lipinski definition) is 0. The average molecular weight is 984 g/mol. The Hall–Kier alpha value is 0. The lowest BCUT2D eigenvalue weighted by atomic mass is 9.39. The molecule has 72 heavy (non-hydrogen) atoms. The van der Waals surface area contributed by atoms with Crippen LogP contribution >= 0.6 is 0 Å².